The molecule has 5 nitrogen and oxygen atoms in total. The number of carbonyl (C=O) groups excluding carboxylic acids is 1. The summed E-state index contributed by atoms with van der Waals surface area (Å²) in [6.07, 6.45) is 5.79. The minimum Gasteiger partial charge on any atom is -0.459 e. The van der Waals surface area contributed by atoms with Gasteiger partial charge in [-0.1, -0.05) is 24.6 Å². The predicted molar refractivity (Wildman–Crippen MR) is 81.0 cm³/mol. The summed E-state index contributed by atoms with van der Waals surface area (Å²) < 4.78 is 7.15. The van der Waals surface area contributed by atoms with Crippen LogP contribution in [0.15, 0.2) is 30.3 Å². The second-order valence-electron chi connectivity index (χ2n) is 6.21. The highest BCUT2D eigenvalue weighted by atomic mass is 16.5. The van der Waals surface area contributed by atoms with Crippen molar-refractivity contribution < 1.29 is 9.53 Å². The van der Waals surface area contributed by atoms with E-state index in [9.17, 15) is 4.79 Å². The molecule has 1 aromatic carbocycles. The van der Waals surface area contributed by atoms with Crippen LogP contribution in [0.25, 0.3) is 5.69 Å². The van der Waals surface area contributed by atoms with E-state index in [0.717, 1.165) is 37.2 Å². The third-order valence-electron chi connectivity index (χ3n) is 4.43. The molecule has 0 bridgehead atoms. The Morgan fingerprint density at radius 2 is 1.95 bits per heavy atom. The Morgan fingerprint density at radius 1 is 1.18 bits per heavy atom. The van der Waals surface area contributed by atoms with Gasteiger partial charge in [-0.3, -0.25) is 0 Å². The summed E-state index contributed by atoms with van der Waals surface area (Å²) in [4.78, 5) is 16.6. The zero-order chi connectivity index (χ0) is 14.9. The van der Waals surface area contributed by atoms with Crippen LogP contribution in [-0.2, 0) is 4.74 Å². The summed E-state index contributed by atoms with van der Waals surface area (Å²) in [5.41, 5.74) is 0.940. The highest BCUT2D eigenvalue weighted by Gasteiger charge is 2.32. The quantitative estimate of drug-likeness (QED) is 0.796. The summed E-state index contributed by atoms with van der Waals surface area (Å²) in [5.74, 6) is 1.61. The van der Waals surface area contributed by atoms with Crippen molar-refractivity contribution in [1.29, 1.82) is 0 Å². The average molecular weight is 297 g/mol. The van der Waals surface area contributed by atoms with Crippen LogP contribution < -0.4 is 0 Å². The predicted octanol–water partition coefficient (Wildman–Crippen LogP) is 3.10. The molecule has 0 radical (unpaired) electrons. The van der Waals surface area contributed by atoms with E-state index in [1.165, 1.54) is 6.42 Å². The number of carbonyl (C=O) groups is 1. The van der Waals surface area contributed by atoms with Crippen molar-refractivity contribution in [3.8, 4) is 5.69 Å². The van der Waals surface area contributed by atoms with Gasteiger partial charge in [-0.05, 0) is 43.7 Å². The van der Waals surface area contributed by atoms with Gasteiger partial charge in [0, 0.05) is 5.92 Å². The molecule has 0 unspecified atom stereocenters. The number of hydrogen-bond donors (Lipinski definition) is 0. The van der Waals surface area contributed by atoms with Gasteiger partial charge in [0.05, 0.1) is 12.3 Å². The second-order valence-corrected chi connectivity index (χ2v) is 6.21. The van der Waals surface area contributed by atoms with Gasteiger partial charge in [0.25, 0.3) is 5.82 Å². The van der Waals surface area contributed by atoms with Gasteiger partial charge in [0.2, 0.25) is 0 Å². The Balaban J connectivity index is 1.56. The van der Waals surface area contributed by atoms with E-state index in [2.05, 4.69) is 10.1 Å². The van der Waals surface area contributed by atoms with Crippen molar-refractivity contribution in [3.63, 3.8) is 0 Å². The molecular formula is C17H19N3O2. The monoisotopic (exact) mass is 297 g/mol. The van der Waals surface area contributed by atoms with E-state index < -0.39 is 5.97 Å². The van der Waals surface area contributed by atoms with Crippen molar-refractivity contribution in [2.24, 2.45) is 5.92 Å². The number of aromatic nitrogens is 3. The van der Waals surface area contributed by atoms with E-state index in [-0.39, 0.29) is 5.82 Å². The molecule has 0 N–H and O–H groups in total. The van der Waals surface area contributed by atoms with Crippen molar-refractivity contribution in [2.75, 3.05) is 6.61 Å². The summed E-state index contributed by atoms with van der Waals surface area (Å²) in [5, 5.41) is 4.39. The lowest BCUT2D eigenvalue weighted by atomic mass is 9.86. The molecule has 1 heterocycles. The maximum Gasteiger partial charge on any atom is 0.378 e. The van der Waals surface area contributed by atoms with Crippen molar-refractivity contribution in [1.82, 2.24) is 14.8 Å². The number of hydrogen-bond acceptors (Lipinski definition) is 4. The number of benzene rings is 1. The van der Waals surface area contributed by atoms with Crippen LogP contribution in [0, 0.1) is 5.92 Å². The standard InChI is InChI=1S/C17H19N3O2/c21-17(22-11-12-5-4-6-12)15-18-16(13-9-10-13)20(19-15)14-7-2-1-3-8-14/h1-3,7-8,12-13H,4-6,9-11H2. The van der Waals surface area contributed by atoms with E-state index in [0.29, 0.717) is 18.4 Å². The van der Waals surface area contributed by atoms with Crippen molar-refractivity contribution >= 4 is 5.97 Å². The fourth-order valence-electron chi connectivity index (χ4n) is 2.69. The largest absolute Gasteiger partial charge is 0.459 e. The van der Waals surface area contributed by atoms with E-state index >= 15 is 0 Å². The lowest BCUT2D eigenvalue weighted by molar-refractivity contribution is 0.0357. The van der Waals surface area contributed by atoms with Crippen LogP contribution >= 0.6 is 0 Å². The van der Waals surface area contributed by atoms with Crippen LogP contribution in [0.3, 0.4) is 0 Å². The summed E-state index contributed by atoms with van der Waals surface area (Å²) in [6.45, 7) is 0.497. The first-order valence-corrected chi connectivity index (χ1v) is 8.01. The molecule has 0 amide bonds. The first kappa shape index (κ1) is 13.5. The average Bonchev–Trinajstić information content (AvgIpc) is 3.25. The number of ether oxygens (including phenoxy) is 1. The molecule has 0 saturated heterocycles. The van der Waals surface area contributed by atoms with Gasteiger partial charge in [0.15, 0.2) is 0 Å². The molecular weight excluding hydrogens is 278 g/mol. The molecule has 5 heteroatoms. The van der Waals surface area contributed by atoms with E-state index in [1.807, 2.05) is 30.3 Å². The number of nitrogens with zero attached hydrogens (tertiary/aromatic N) is 3. The number of rotatable bonds is 5. The molecule has 2 aliphatic carbocycles. The minimum atomic E-state index is -0.400. The van der Waals surface area contributed by atoms with Crippen molar-refractivity contribution in [2.45, 2.75) is 38.0 Å². The van der Waals surface area contributed by atoms with Gasteiger partial charge in [-0.25, -0.2) is 14.5 Å². The smallest absolute Gasteiger partial charge is 0.378 e. The lowest BCUT2D eigenvalue weighted by Crippen LogP contribution is -2.20. The topological polar surface area (TPSA) is 57.0 Å². The molecule has 2 aliphatic rings. The molecule has 2 aromatic rings. The Hall–Kier alpha value is -2.17. The van der Waals surface area contributed by atoms with E-state index in [1.54, 1.807) is 4.68 Å². The molecule has 2 fully saturated rings. The van der Waals surface area contributed by atoms with Crippen LogP contribution in [0.4, 0.5) is 0 Å². The van der Waals surface area contributed by atoms with Gasteiger partial charge in [-0.15, -0.1) is 5.10 Å². The SMILES string of the molecule is O=C(OCC1CCC1)c1nc(C2CC2)n(-c2ccccc2)n1. The maximum atomic E-state index is 12.2. The Bertz CT molecular complexity index is 672. The van der Waals surface area contributed by atoms with Crippen molar-refractivity contribution in [3.05, 3.63) is 42.0 Å². The van der Waals surface area contributed by atoms with Crippen LogP contribution in [0.5, 0.6) is 0 Å². The molecule has 0 spiro atoms. The van der Waals surface area contributed by atoms with Gasteiger partial charge in [0.1, 0.15) is 5.82 Å². The summed E-state index contributed by atoms with van der Waals surface area (Å²) in [6, 6.07) is 9.84. The second kappa shape index (κ2) is 5.55. The van der Waals surface area contributed by atoms with Crippen LogP contribution in [0.1, 0.15) is 54.5 Å². The minimum absolute atomic E-state index is 0.185. The lowest BCUT2D eigenvalue weighted by Gasteiger charge is -2.24. The molecule has 0 aliphatic heterocycles. The fraction of sp³-hybridized carbons (Fsp3) is 0.471. The first-order valence-electron chi connectivity index (χ1n) is 8.01. The zero-order valence-corrected chi connectivity index (χ0v) is 12.4. The Labute approximate surface area is 129 Å². The van der Waals surface area contributed by atoms with Gasteiger partial charge < -0.3 is 4.74 Å². The first-order chi connectivity index (χ1) is 10.8. The zero-order valence-electron chi connectivity index (χ0n) is 12.4. The summed E-state index contributed by atoms with van der Waals surface area (Å²) >= 11 is 0. The third kappa shape index (κ3) is 2.63. The summed E-state index contributed by atoms with van der Waals surface area (Å²) in [7, 11) is 0. The highest BCUT2D eigenvalue weighted by Crippen LogP contribution is 2.39. The Morgan fingerprint density at radius 3 is 2.59 bits per heavy atom. The van der Waals surface area contributed by atoms with Gasteiger partial charge in [-0.2, -0.15) is 0 Å². The van der Waals surface area contributed by atoms with E-state index in [4.69, 9.17) is 4.74 Å². The number of para-hydroxylation sites is 1. The molecule has 2 saturated carbocycles. The van der Waals surface area contributed by atoms with Gasteiger partial charge >= 0.3 is 5.97 Å². The molecule has 114 valence electrons. The molecule has 1 aromatic heterocycles. The maximum absolute atomic E-state index is 12.2. The molecule has 0 atom stereocenters. The number of esters is 1. The van der Waals surface area contributed by atoms with Crippen LogP contribution in [0.2, 0.25) is 0 Å². The molecule has 22 heavy (non-hydrogen) atoms. The highest BCUT2D eigenvalue weighted by molar-refractivity contribution is 5.85. The normalized spacial score (nSPS) is 18.0. The Kier molecular flexibility index (Phi) is 3.41. The van der Waals surface area contributed by atoms with Crippen LogP contribution in [-0.4, -0.2) is 27.3 Å². The third-order valence-corrected chi connectivity index (χ3v) is 4.43. The molecule has 4 rings (SSSR count). The fourth-order valence-corrected chi connectivity index (χ4v) is 2.69.